The molecule has 1 heterocycles. The van der Waals surface area contributed by atoms with Gasteiger partial charge in [0.15, 0.2) is 0 Å². The van der Waals surface area contributed by atoms with Crippen LogP contribution < -0.4 is 11.5 Å². The molecule has 4 N–H and O–H groups in total. The highest BCUT2D eigenvalue weighted by Crippen LogP contribution is 2.08. The minimum absolute atomic E-state index is 0.116. The van der Waals surface area contributed by atoms with Gasteiger partial charge in [-0.05, 0) is 5.56 Å². The molecular formula is C14H24N4. The maximum absolute atomic E-state index is 5.88. The summed E-state index contributed by atoms with van der Waals surface area (Å²) in [4.78, 5) is 4.92. The van der Waals surface area contributed by atoms with Crippen molar-refractivity contribution in [1.82, 2.24) is 9.80 Å². The van der Waals surface area contributed by atoms with Gasteiger partial charge in [-0.1, -0.05) is 30.3 Å². The third-order valence-electron chi connectivity index (χ3n) is 3.51. The molecule has 0 radical (unpaired) electrons. The number of piperazine rings is 1. The van der Waals surface area contributed by atoms with E-state index in [9.17, 15) is 0 Å². The zero-order valence-electron chi connectivity index (χ0n) is 11.0. The fourth-order valence-corrected chi connectivity index (χ4v) is 2.38. The summed E-state index contributed by atoms with van der Waals surface area (Å²) in [5, 5.41) is 0. The van der Waals surface area contributed by atoms with Gasteiger partial charge >= 0.3 is 0 Å². The topological polar surface area (TPSA) is 58.5 Å². The SMILES string of the molecule is NCC(N)CN1CCN(Cc2ccccc2)CC1. The van der Waals surface area contributed by atoms with E-state index in [1.54, 1.807) is 0 Å². The summed E-state index contributed by atoms with van der Waals surface area (Å²) in [5.74, 6) is 0. The molecule has 4 heteroatoms. The van der Waals surface area contributed by atoms with Gasteiger partial charge in [0, 0.05) is 51.9 Å². The number of hydrogen-bond acceptors (Lipinski definition) is 4. The molecule has 1 unspecified atom stereocenters. The average molecular weight is 248 g/mol. The van der Waals surface area contributed by atoms with Crippen LogP contribution in [0.25, 0.3) is 0 Å². The van der Waals surface area contributed by atoms with Gasteiger partial charge in [0.25, 0.3) is 0 Å². The van der Waals surface area contributed by atoms with E-state index in [0.29, 0.717) is 6.54 Å². The summed E-state index contributed by atoms with van der Waals surface area (Å²) >= 11 is 0. The normalized spacial score (nSPS) is 19.9. The Bertz CT molecular complexity index is 333. The van der Waals surface area contributed by atoms with Crippen molar-refractivity contribution < 1.29 is 0 Å². The first-order valence-corrected chi connectivity index (χ1v) is 6.72. The maximum Gasteiger partial charge on any atom is 0.0292 e. The van der Waals surface area contributed by atoms with Crippen molar-refractivity contribution in [2.75, 3.05) is 39.3 Å². The molecule has 4 nitrogen and oxygen atoms in total. The van der Waals surface area contributed by atoms with Crippen LogP contribution in [0.4, 0.5) is 0 Å². The predicted octanol–water partition coefficient (Wildman–Crippen LogP) is 0.0902. The van der Waals surface area contributed by atoms with Gasteiger partial charge in [-0.3, -0.25) is 9.80 Å². The van der Waals surface area contributed by atoms with Crippen LogP contribution in [0.5, 0.6) is 0 Å². The number of nitrogens with two attached hydrogens (primary N) is 2. The smallest absolute Gasteiger partial charge is 0.0292 e. The van der Waals surface area contributed by atoms with Crippen molar-refractivity contribution in [3.05, 3.63) is 35.9 Å². The van der Waals surface area contributed by atoms with Crippen LogP contribution in [-0.4, -0.2) is 55.1 Å². The molecule has 100 valence electrons. The molecule has 1 aromatic carbocycles. The van der Waals surface area contributed by atoms with E-state index in [4.69, 9.17) is 11.5 Å². The molecule has 1 aliphatic rings. The molecule has 0 amide bonds. The molecule has 2 rings (SSSR count). The van der Waals surface area contributed by atoms with Crippen LogP contribution >= 0.6 is 0 Å². The maximum atomic E-state index is 5.88. The Kier molecular flexibility index (Phi) is 5.13. The van der Waals surface area contributed by atoms with Gasteiger partial charge in [0.1, 0.15) is 0 Å². The van der Waals surface area contributed by atoms with Gasteiger partial charge in [-0.15, -0.1) is 0 Å². The Morgan fingerprint density at radius 1 is 1.00 bits per heavy atom. The Balaban J connectivity index is 1.73. The second-order valence-electron chi connectivity index (χ2n) is 5.06. The molecule has 1 aliphatic heterocycles. The van der Waals surface area contributed by atoms with E-state index in [1.807, 2.05) is 0 Å². The first-order chi connectivity index (χ1) is 8.78. The zero-order valence-corrected chi connectivity index (χ0v) is 11.0. The van der Waals surface area contributed by atoms with Crippen LogP contribution in [0.3, 0.4) is 0 Å². The summed E-state index contributed by atoms with van der Waals surface area (Å²) in [6.45, 7) is 6.98. The molecule has 1 saturated heterocycles. The van der Waals surface area contributed by atoms with Crippen molar-refractivity contribution in [3.63, 3.8) is 0 Å². The summed E-state index contributed by atoms with van der Waals surface area (Å²) in [6.07, 6.45) is 0. The van der Waals surface area contributed by atoms with Gasteiger partial charge in [-0.2, -0.15) is 0 Å². The second-order valence-corrected chi connectivity index (χ2v) is 5.06. The molecule has 18 heavy (non-hydrogen) atoms. The Hall–Kier alpha value is -0.940. The minimum atomic E-state index is 0.116. The lowest BCUT2D eigenvalue weighted by Gasteiger charge is -2.35. The lowest BCUT2D eigenvalue weighted by atomic mass is 10.2. The lowest BCUT2D eigenvalue weighted by molar-refractivity contribution is 0.122. The molecular weight excluding hydrogens is 224 g/mol. The number of rotatable bonds is 5. The van der Waals surface area contributed by atoms with Gasteiger partial charge in [0.05, 0.1) is 0 Å². The van der Waals surface area contributed by atoms with E-state index >= 15 is 0 Å². The lowest BCUT2D eigenvalue weighted by Crippen LogP contribution is -2.50. The van der Waals surface area contributed by atoms with Crippen LogP contribution in [0.15, 0.2) is 30.3 Å². The van der Waals surface area contributed by atoms with E-state index in [-0.39, 0.29) is 6.04 Å². The van der Waals surface area contributed by atoms with Crippen LogP contribution in [0.1, 0.15) is 5.56 Å². The van der Waals surface area contributed by atoms with Gasteiger partial charge in [0.2, 0.25) is 0 Å². The van der Waals surface area contributed by atoms with Crippen molar-refractivity contribution in [2.45, 2.75) is 12.6 Å². The second kappa shape index (κ2) is 6.85. The molecule has 0 bridgehead atoms. The molecule has 1 aromatic rings. The summed E-state index contributed by atoms with van der Waals surface area (Å²) in [5.41, 5.74) is 12.8. The largest absolute Gasteiger partial charge is 0.329 e. The third-order valence-corrected chi connectivity index (χ3v) is 3.51. The summed E-state index contributed by atoms with van der Waals surface area (Å²) in [7, 11) is 0. The van der Waals surface area contributed by atoms with Crippen LogP contribution in [0.2, 0.25) is 0 Å². The van der Waals surface area contributed by atoms with Crippen molar-refractivity contribution in [1.29, 1.82) is 0 Å². The summed E-state index contributed by atoms with van der Waals surface area (Å²) < 4.78 is 0. The first-order valence-electron chi connectivity index (χ1n) is 6.72. The zero-order chi connectivity index (χ0) is 12.8. The highest BCUT2D eigenvalue weighted by molar-refractivity contribution is 5.14. The monoisotopic (exact) mass is 248 g/mol. The molecule has 1 atom stereocenters. The van der Waals surface area contributed by atoms with Gasteiger partial charge < -0.3 is 11.5 Å². The molecule has 0 aromatic heterocycles. The Labute approximate surface area is 110 Å². The van der Waals surface area contributed by atoms with Crippen molar-refractivity contribution in [2.24, 2.45) is 11.5 Å². The Morgan fingerprint density at radius 3 is 2.22 bits per heavy atom. The van der Waals surface area contributed by atoms with Crippen molar-refractivity contribution >= 4 is 0 Å². The Morgan fingerprint density at radius 2 is 1.61 bits per heavy atom. The third kappa shape index (κ3) is 4.07. The van der Waals surface area contributed by atoms with E-state index in [1.165, 1.54) is 5.56 Å². The summed E-state index contributed by atoms with van der Waals surface area (Å²) in [6, 6.07) is 10.8. The number of hydrogen-bond donors (Lipinski definition) is 2. The van der Waals surface area contributed by atoms with Crippen molar-refractivity contribution in [3.8, 4) is 0 Å². The minimum Gasteiger partial charge on any atom is -0.329 e. The van der Waals surface area contributed by atoms with Crippen LogP contribution in [-0.2, 0) is 6.54 Å². The fourth-order valence-electron chi connectivity index (χ4n) is 2.38. The van der Waals surface area contributed by atoms with E-state index < -0.39 is 0 Å². The molecule has 0 saturated carbocycles. The first kappa shape index (κ1) is 13.5. The number of benzene rings is 1. The molecule has 0 aliphatic carbocycles. The highest BCUT2D eigenvalue weighted by Gasteiger charge is 2.18. The predicted molar refractivity (Wildman–Crippen MR) is 75.2 cm³/mol. The fraction of sp³-hybridized carbons (Fsp3) is 0.571. The number of nitrogens with zero attached hydrogens (tertiary/aromatic N) is 2. The van der Waals surface area contributed by atoms with E-state index in [0.717, 1.165) is 39.3 Å². The van der Waals surface area contributed by atoms with Crippen LogP contribution in [0, 0.1) is 0 Å². The standard InChI is InChI=1S/C14H24N4/c15-10-14(16)12-18-8-6-17(7-9-18)11-13-4-2-1-3-5-13/h1-5,14H,6-12,15-16H2. The molecule has 0 spiro atoms. The van der Waals surface area contributed by atoms with E-state index in [2.05, 4.69) is 40.1 Å². The van der Waals surface area contributed by atoms with Gasteiger partial charge in [-0.25, -0.2) is 0 Å². The highest BCUT2D eigenvalue weighted by atomic mass is 15.3. The molecule has 1 fully saturated rings. The average Bonchev–Trinajstić information content (AvgIpc) is 2.42. The quantitative estimate of drug-likeness (QED) is 0.775.